The molecule has 2 heterocycles. The van der Waals surface area contributed by atoms with Crippen LogP contribution in [-0.2, 0) is 19.4 Å². The monoisotopic (exact) mass is 530 g/mol. The van der Waals surface area contributed by atoms with Crippen LogP contribution >= 0.6 is 24.0 Å². The minimum atomic E-state index is -0.343. The van der Waals surface area contributed by atoms with Crippen molar-refractivity contribution < 1.29 is 9.13 Å². The summed E-state index contributed by atoms with van der Waals surface area (Å²) in [6, 6.07) is 6.44. The topological polar surface area (TPSA) is 67.6 Å². The van der Waals surface area contributed by atoms with Crippen LogP contribution in [-0.4, -0.2) is 59.4 Å². The maximum atomic E-state index is 13.6. The van der Waals surface area contributed by atoms with Gasteiger partial charge in [-0.1, -0.05) is 18.6 Å². The van der Waals surface area contributed by atoms with Crippen LogP contribution in [0.25, 0.3) is 0 Å². The highest BCUT2D eigenvalue weighted by Gasteiger charge is 2.14. The SMILES string of the molecule is CN=C(NCCCc1nnc2n1CCCCC2)N(C)CCOc1ccccc1F.I. The fourth-order valence-corrected chi connectivity index (χ4v) is 3.52. The molecule has 1 N–H and O–H groups in total. The molecule has 3 rings (SSSR count). The molecule has 0 radical (unpaired) electrons. The van der Waals surface area contributed by atoms with E-state index < -0.39 is 0 Å². The van der Waals surface area contributed by atoms with Gasteiger partial charge in [0.1, 0.15) is 18.3 Å². The quantitative estimate of drug-likeness (QED) is 0.246. The number of aliphatic imine (C=N–C) groups is 1. The van der Waals surface area contributed by atoms with Crippen LogP contribution in [0, 0.1) is 5.82 Å². The summed E-state index contributed by atoms with van der Waals surface area (Å²) in [5.41, 5.74) is 0. The number of halogens is 2. The molecule has 0 fully saturated rings. The molecule has 2 aromatic rings. The lowest BCUT2D eigenvalue weighted by Crippen LogP contribution is -2.41. The molecule has 9 heteroatoms. The first-order valence-corrected chi connectivity index (χ1v) is 10.4. The Morgan fingerprint density at radius 1 is 1.27 bits per heavy atom. The highest BCUT2D eigenvalue weighted by atomic mass is 127. The van der Waals surface area contributed by atoms with Gasteiger partial charge in [-0.05, 0) is 31.4 Å². The van der Waals surface area contributed by atoms with Gasteiger partial charge in [-0.15, -0.1) is 34.2 Å². The maximum absolute atomic E-state index is 13.6. The molecule has 1 aliphatic rings. The zero-order valence-electron chi connectivity index (χ0n) is 17.8. The molecule has 0 saturated heterocycles. The minimum Gasteiger partial charge on any atom is -0.489 e. The van der Waals surface area contributed by atoms with Gasteiger partial charge in [0.25, 0.3) is 0 Å². The Labute approximate surface area is 195 Å². The summed E-state index contributed by atoms with van der Waals surface area (Å²) in [5, 5.41) is 12.1. The third-order valence-electron chi connectivity index (χ3n) is 5.14. The van der Waals surface area contributed by atoms with Crippen molar-refractivity contribution in [2.24, 2.45) is 4.99 Å². The summed E-state index contributed by atoms with van der Waals surface area (Å²) in [6.45, 7) is 2.82. The van der Waals surface area contributed by atoms with Gasteiger partial charge < -0.3 is 19.5 Å². The number of fused-ring (bicyclic) bond motifs is 1. The lowest BCUT2D eigenvalue weighted by atomic mass is 10.2. The van der Waals surface area contributed by atoms with Crippen molar-refractivity contribution in [2.45, 2.75) is 45.1 Å². The second-order valence-corrected chi connectivity index (χ2v) is 7.27. The van der Waals surface area contributed by atoms with Gasteiger partial charge in [-0.2, -0.15) is 0 Å². The smallest absolute Gasteiger partial charge is 0.193 e. The number of rotatable bonds is 8. The molecule has 30 heavy (non-hydrogen) atoms. The van der Waals surface area contributed by atoms with E-state index in [1.807, 2.05) is 11.9 Å². The fourth-order valence-electron chi connectivity index (χ4n) is 3.52. The van der Waals surface area contributed by atoms with E-state index in [9.17, 15) is 4.39 Å². The summed E-state index contributed by atoms with van der Waals surface area (Å²) in [7, 11) is 3.70. The molecule has 0 atom stereocenters. The summed E-state index contributed by atoms with van der Waals surface area (Å²) >= 11 is 0. The van der Waals surface area contributed by atoms with Crippen molar-refractivity contribution in [3.8, 4) is 5.75 Å². The molecular formula is C21H32FIN6O. The van der Waals surface area contributed by atoms with Crippen molar-refractivity contribution >= 4 is 29.9 Å². The Morgan fingerprint density at radius 3 is 2.90 bits per heavy atom. The Morgan fingerprint density at radius 2 is 2.10 bits per heavy atom. The van der Waals surface area contributed by atoms with Gasteiger partial charge in [0, 0.05) is 40.0 Å². The van der Waals surface area contributed by atoms with E-state index in [1.54, 1.807) is 25.2 Å². The van der Waals surface area contributed by atoms with Crippen molar-refractivity contribution in [3.05, 3.63) is 41.7 Å². The number of benzene rings is 1. The molecule has 1 aromatic carbocycles. The van der Waals surface area contributed by atoms with E-state index in [0.717, 1.165) is 50.0 Å². The molecule has 1 aromatic heterocycles. The predicted molar refractivity (Wildman–Crippen MR) is 127 cm³/mol. The van der Waals surface area contributed by atoms with Gasteiger partial charge in [-0.25, -0.2) is 4.39 Å². The first kappa shape index (κ1) is 24.4. The number of aryl methyl sites for hydroxylation is 2. The largest absolute Gasteiger partial charge is 0.489 e. The highest BCUT2D eigenvalue weighted by molar-refractivity contribution is 14.0. The predicted octanol–water partition coefficient (Wildman–Crippen LogP) is 3.28. The van der Waals surface area contributed by atoms with E-state index in [0.29, 0.717) is 13.2 Å². The lowest BCUT2D eigenvalue weighted by molar-refractivity contribution is 0.270. The number of likely N-dealkylation sites (N-methyl/N-ethyl adjacent to an activating group) is 1. The number of nitrogens with one attached hydrogen (secondary N) is 1. The average Bonchev–Trinajstić information content (AvgIpc) is 2.95. The molecule has 1 aliphatic heterocycles. The number of hydrogen-bond acceptors (Lipinski definition) is 4. The number of aromatic nitrogens is 3. The van der Waals surface area contributed by atoms with E-state index in [-0.39, 0.29) is 35.5 Å². The van der Waals surface area contributed by atoms with Crippen LogP contribution in [0.1, 0.15) is 37.3 Å². The third kappa shape index (κ3) is 6.82. The van der Waals surface area contributed by atoms with Crippen LogP contribution in [0.2, 0.25) is 0 Å². The van der Waals surface area contributed by atoms with E-state index >= 15 is 0 Å². The molecule has 7 nitrogen and oxygen atoms in total. The number of hydrogen-bond donors (Lipinski definition) is 1. The van der Waals surface area contributed by atoms with Crippen LogP contribution in [0.15, 0.2) is 29.3 Å². The van der Waals surface area contributed by atoms with Gasteiger partial charge in [-0.3, -0.25) is 4.99 Å². The first-order chi connectivity index (χ1) is 14.2. The number of nitrogens with zero attached hydrogens (tertiary/aromatic N) is 5. The summed E-state index contributed by atoms with van der Waals surface area (Å²) in [4.78, 5) is 6.29. The Hall–Kier alpha value is -1.91. The molecule has 0 saturated carbocycles. The van der Waals surface area contributed by atoms with Gasteiger partial charge >= 0.3 is 0 Å². The zero-order valence-corrected chi connectivity index (χ0v) is 20.1. The standard InChI is InChI=1S/C21H31FN6O.HI/c1-23-21(27(2)15-16-29-18-10-6-5-9-17(18)22)24-13-8-12-20-26-25-19-11-4-3-7-14-28(19)20;/h5-6,9-10H,3-4,7-8,11-16H2,1-2H3,(H,23,24);1H. The van der Waals surface area contributed by atoms with Crippen molar-refractivity contribution in [2.75, 3.05) is 33.8 Å². The third-order valence-corrected chi connectivity index (χ3v) is 5.14. The second kappa shape index (κ2) is 12.7. The molecule has 0 unspecified atom stereocenters. The summed E-state index contributed by atoms with van der Waals surface area (Å²) in [5.74, 6) is 2.95. The molecule has 0 aliphatic carbocycles. The van der Waals surface area contributed by atoms with Crippen LogP contribution in [0.3, 0.4) is 0 Å². The molecule has 0 spiro atoms. The van der Waals surface area contributed by atoms with Crippen molar-refractivity contribution in [1.82, 2.24) is 25.0 Å². The second-order valence-electron chi connectivity index (χ2n) is 7.27. The van der Waals surface area contributed by atoms with Crippen LogP contribution in [0.4, 0.5) is 4.39 Å². The van der Waals surface area contributed by atoms with Crippen molar-refractivity contribution in [1.29, 1.82) is 0 Å². The van der Waals surface area contributed by atoms with Crippen molar-refractivity contribution in [3.63, 3.8) is 0 Å². The van der Waals surface area contributed by atoms with Crippen LogP contribution < -0.4 is 10.1 Å². The molecular weight excluding hydrogens is 498 g/mol. The van der Waals surface area contributed by atoms with Gasteiger partial charge in [0.05, 0.1) is 6.54 Å². The molecule has 0 amide bonds. The Kier molecular flexibility index (Phi) is 10.3. The average molecular weight is 530 g/mol. The Bertz CT molecular complexity index is 813. The lowest BCUT2D eigenvalue weighted by Gasteiger charge is -2.22. The normalized spacial score (nSPS) is 13.8. The zero-order chi connectivity index (χ0) is 20.5. The summed E-state index contributed by atoms with van der Waals surface area (Å²) < 4.78 is 21.4. The van der Waals surface area contributed by atoms with Gasteiger partial charge in [0.15, 0.2) is 17.5 Å². The first-order valence-electron chi connectivity index (χ1n) is 10.4. The maximum Gasteiger partial charge on any atom is 0.193 e. The number of ether oxygens (including phenoxy) is 1. The fraction of sp³-hybridized carbons (Fsp3) is 0.571. The number of para-hydroxylation sites is 1. The van der Waals surface area contributed by atoms with E-state index in [2.05, 4.69) is 25.1 Å². The van der Waals surface area contributed by atoms with Gasteiger partial charge in [0.2, 0.25) is 0 Å². The summed E-state index contributed by atoms with van der Waals surface area (Å²) in [6.07, 6.45) is 6.59. The van der Waals surface area contributed by atoms with Crippen LogP contribution in [0.5, 0.6) is 5.75 Å². The number of guanidine groups is 1. The Balaban J connectivity index is 0.00000320. The minimum absolute atomic E-state index is 0. The molecule has 166 valence electrons. The molecule has 0 bridgehead atoms. The highest BCUT2D eigenvalue weighted by Crippen LogP contribution is 2.16. The van der Waals surface area contributed by atoms with E-state index in [4.69, 9.17) is 4.74 Å². The van der Waals surface area contributed by atoms with E-state index in [1.165, 1.54) is 25.3 Å².